The van der Waals surface area contributed by atoms with Gasteiger partial charge < -0.3 is 5.32 Å². The third kappa shape index (κ3) is 4.21. The number of thioether (sulfide) groups is 1. The minimum absolute atomic E-state index is 0.525. The van der Waals surface area contributed by atoms with Crippen molar-refractivity contribution in [3.63, 3.8) is 0 Å². The molecule has 0 fully saturated rings. The lowest BCUT2D eigenvalue weighted by Gasteiger charge is -2.06. The second kappa shape index (κ2) is 6.51. The molecular weight excluding hydrogens is 240 g/mol. The molecule has 0 radical (unpaired) electrons. The zero-order chi connectivity index (χ0) is 12.0. The van der Waals surface area contributed by atoms with Gasteiger partial charge in [0.1, 0.15) is 4.32 Å². The van der Waals surface area contributed by atoms with Crippen LogP contribution >= 0.6 is 24.0 Å². The van der Waals surface area contributed by atoms with Crippen LogP contribution in [0, 0.1) is 18.3 Å². The highest BCUT2D eigenvalue weighted by Crippen LogP contribution is 2.06. The first-order chi connectivity index (χ1) is 7.63. The van der Waals surface area contributed by atoms with Crippen LogP contribution in [0.3, 0.4) is 0 Å². The fraction of sp³-hybridized carbons (Fsp3) is 0.500. The van der Waals surface area contributed by atoms with Gasteiger partial charge in [-0.25, -0.2) is 0 Å². The summed E-state index contributed by atoms with van der Waals surface area (Å²) in [7, 11) is 1.91. The van der Waals surface area contributed by atoms with Crippen LogP contribution in [0.5, 0.6) is 0 Å². The highest BCUT2D eigenvalue weighted by Gasteiger charge is 2.02. The van der Waals surface area contributed by atoms with E-state index in [0.29, 0.717) is 13.0 Å². The minimum atomic E-state index is 0.525. The topological polar surface area (TPSA) is 53.6 Å². The monoisotopic (exact) mass is 254 g/mol. The summed E-state index contributed by atoms with van der Waals surface area (Å²) in [6.07, 6.45) is 0.525. The molecule has 1 aromatic heterocycles. The SMILES string of the molecule is Cc1cc(CNC(=S)SCCC#N)n(C)n1. The van der Waals surface area contributed by atoms with Gasteiger partial charge in [0, 0.05) is 19.2 Å². The van der Waals surface area contributed by atoms with Gasteiger partial charge in [-0.2, -0.15) is 10.4 Å². The molecule has 0 saturated heterocycles. The zero-order valence-corrected chi connectivity index (χ0v) is 11.0. The summed E-state index contributed by atoms with van der Waals surface area (Å²) in [5.74, 6) is 0.743. The molecule has 1 heterocycles. The number of aryl methyl sites for hydroxylation is 2. The van der Waals surface area contributed by atoms with Crippen molar-refractivity contribution in [3.05, 3.63) is 17.5 Å². The van der Waals surface area contributed by atoms with E-state index in [2.05, 4.69) is 16.5 Å². The summed E-state index contributed by atoms with van der Waals surface area (Å²) in [6.45, 7) is 2.64. The Hall–Kier alpha value is -1.06. The van der Waals surface area contributed by atoms with Gasteiger partial charge in [-0.1, -0.05) is 24.0 Å². The average molecular weight is 254 g/mol. The number of hydrogen-bond acceptors (Lipinski definition) is 4. The van der Waals surface area contributed by atoms with Gasteiger partial charge in [0.2, 0.25) is 0 Å². The second-order valence-electron chi connectivity index (χ2n) is 3.30. The largest absolute Gasteiger partial charge is 0.365 e. The van der Waals surface area contributed by atoms with Gasteiger partial charge in [-0.15, -0.1) is 0 Å². The number of hydrogen-bond donors (Lipinski definition) is 1. The van der Waals surface area contributed by atoms with E-state index in [4.69, 9.17) is 17.5 Å². The number of nitrogens with zero attached hydrogens (tertiary/aromatic N) is 3. The Morgan fingerprint density at radius 1 is 1.75 bits per heavy atom. The molecule has 4 nitrogen and oxygen atoms in total. The van der Waals surface area contributed by atoms with Crippen LogP contribution < -0.4 is 5.32 Å². The Morgan fingerprint density at radius 2 is 2.50 bits per heavy atom. The van der Waals surface area contributed by atoms with Crippen LogP contribution in [-0.2, 0) is 13.6 Å². The number of thiocarbonyl (C=S) groups is 1. The van der Waals surface area contributed by atoms with Crippen LogP contribution in [0.1, 0.15) is 17.8 Å². The van der Waals surface area contributed by atoms with E-state index in [-0.39, 0.29) is 0 Å². The Morgan fingerprint density at radius 3 is 3.06 bits per heavy atom. The fourth-order valence-electron chi connectivity index (χ4n) is 1.23. The first-order valence-corrected chi connectivity index (χ1v) is 6.30. The molecule has 6 heteroatoms. The Kier molecular flexibility index (Phi) is 5.29. The maximum Gasteiger partial charge on any atom is 0.134 e. The molecule has 0 aliphatic carbocycles. The van der Waals surface area contributed by atoms with Crippen molar-refractivity contribution in [2.24, 2.45) is 7.05 Å². The van der Waals surface area contributed by atoms with Gasteiger partial charge in [-0.3, -0.25) is 4.68 Å². The molecule has 1 aromatic rings. The standard InChI is InChI=1S/C10H14N4S2/c1-8-6-9(14(2)13-8)7-12-10(15)16-5-3-4-11/h6H,3,5,7H2,1-2H3,(H,12,15). The molecule has 0 unspecified atom stereocenters. The molecule has 1 N–H and O–H groups in total. The van der Waals surface area contributed by atoms with E-state index in [0.717, 1.165) is 21.5 Å². The summed E-state index contributed by atoms with van der Waals surface area (Å²) in [5, 5.41) is 15.8. The van der Waals surface area contributed by atoms with Gasteiger partial charge >= 0.3 is 0 Å². The summed E-state index contributed by atoms with van der Waals surface area (Å²) in [5.41, 5.74) is 2.10. The minimum Gasteiger partial charge on any atom is -0.365 e. The van der Waals surface area contributed by atoms with Crippen LogP contribution in [0.4, 0.5) is 0 Å². The van der Waals surface area contributed by atoms with Crippen molar-refractivity contribution in [2.45, 2.75) is 19.9 Å². The van der Waals surface area contributed by atoms with E-state index in [1.165, 1.54) is 11.8 Å². The summed E-state index contributed by atoms with van der Waals surface area (Å²) in [6, 6.07) is 4.11. The summed E-state index contributed by atoms with van der Waals surface area (Å²) < 4.78 is 2.57. The quantitative estimate of drug-likeness (QED) is 0.655. The maximum absolute atomic E-state index is 8.39. The van der Waals surface area contributed by atoms with Crippen molar-refractivity contribution in [3.8, 4) is 6.07 Å². The lowest BCUT2D eigenvalue weighted by molar-refractivity contribution is 0.691. The second-order valence-corrected chi connectivity index (χ2v) is 5.07. The smallest absolute Gasteiger partial charge is 0.134 e. The van der Waals surface area contributed by atoms with Crippen molar-refractivity contribution < 1.29 is 0 Å². The van der Waals surface area contributed by atoms with E-state index in [1.54, 1.807) is 0 Å². The molecule has 0 bridgehead atoms. The Balaban J connectivity index is 2.32. The van der Waals surface area contributed by atoms with E-state index >= 15 is 0 Å². The Bertz CT molecular complexity index is 405. The van der Waals surface area contributed by atoms with E-state index in [9.17, 15) is 0 Å². The van der Waals surface area contributed by atoms with Crippen LogP contribution in [-0.4, -0.2) is 19.9 Å². The molecule has 0 saturated carbocycles. The van der Waals surface area contributed by atoms with Gasteiger partial charge in [0.25, 0.3) is 0 Å². The maximum atomic E-state index is 8.39. The van der Waals surface area contributed by atoms with Crippen LogP contribution in [0.25, 0.3) is 0 Å². The molecular formula is C10H14N4S2. The predicted molar refractivity (Wildman–Crippen MR) is 70.1 cm³/mol. The third-order valence-electron chi connectivity index (χ3n) is 1.96. The van der Waals surface area contributed by atoms with Gasteiger partial charge in [-0.05, 0) is 13.0 Å². The fourth-order valence-corrected chi connectivity index (χ4v) is 2.11. The molecule has 0 atom stereocenters. The van der Waals surface area contributed by atoms with Crippen LogP contribution in [0.2, 0.25) is 0 Å². The van der Waals surface area contributed by atoms with Crippen molar-refractivity contribution in [1.82, 2.24) is 15.1 Å². The summed E-state index contributed by atoms with van der Waals surface area (Å²) >= 11 is 6.63. The average Bonchev–Trinajstić information content (AvgIpc) is 2.55. The number of nitriles is 1. The zero-order valence-electron chi connectivity index (χ0n) is 9.36. The number of aromatic nitrogens is 2. The number of rotatable bonds is 4. The number of nitrogens with one attached hydrogen (secondary N) is 1. The van der Waals surface area contributed by atoms with Crippen molar-refractivity contribution in [2.75, 3.05) is 5.75 Å². The highest BCUT2D eigenvalue weighted by atomic mass is 32.2. The lowest BCUT2D eigenvalue weighted by Crippen LogP contribution is -2.19. The first kappa shape index (κ1) is 13.0. The molecule has 0 aliphatic heterocycles. The third-order valence-corrected chi connectivity index (χ3v) is 3.27. The van der Waals surface area contributed by atoms with Gasteiger partial charge in [0.15, 0.2) is 0 Å². The van der Waals surface area contributed by atoms with Crippen LogP contribution in [0.15, 0.2) is 6.07 Å². The summed E-state index contributed by atoms with van der Waals surface area (Å²) in [4.78, 5) is 0. The molecule has 86 valence electrons. The normalized spacial score (nSPS) is 9.81. The molecule has 16 heavy (non-hydrogen) atoms. The van der Waals surface area contributed by atoms with Gasteiger partial charge in [0.05, 0.1) is 24.0 Å². The highest BCUT2D eigenvalue weighted by molar-refractivity contribution is 8.22. The lowest BCUT2D eigenvalue weighted by atomic mass is 10.4. The Labute approximate surface area is 105 Å². The predicted octanol–water partition coefficient (Wildman–Crippen LogP) is 1.75. The van der Waals surface area contributed by atoms with Crippen molar-refractivity contribution >= 4 is 28.3 Å². The van der Waals surface area contributed by atoms with E-state index < -0.39 is 0 Å². The van der Waals surface area contributed by atoms with Crippen molar-refractivity contribution in [1.29, 1.82) is 5.26 Å². The molecule has 1 rings (SSSR count). The molecule has 0 aromatic carbocycles. The van der Waals surface area contributed by atoms with E-state index in [1.807, 2.05) is 24.7 Å². The molecule has 0 spiro atoms. The first-order valence-electron chi connectivity index (χ1n) is 4.90. The molecule has 0 aliphatic rings. The molecule has 0 amide bonds.